The number of nitrogens with one attached hydrogen (secondary N) is 2. The molecular formula is C25H26N4O6. The molecule has 2 amide bonds. The van der Waals surface area contributed by atoms with E-state index in [0.29, 0.717) is 5.69 Å². The second-order valence-electron chi connectivity index (χ2n) is 8.13. The smallest absolute Gasteiger partial charge is 0.407 e. The molecule has 0 spiro atoms. The van der Waals surface area contributed by atoms with Gasteiger partial charge in [0.1, 0.15) is 18.2 Å². The molecule has 0 saturated carbocycles. The van der Waals surface area contributed by atoms with Crippen molar-refractivity contribution in [2.45, 2.75) is 18.5 Å². The summed E-state index contributed by atoms with van der Waals surface area (Å²) in [4.78, 5) is 36.6. The van der Waals surface area contributed by atoms with Crippen LogP contribution in [-0.2, 0) is 27.9 Å². The van der Waals surface area contributed by atoms with Gasteiger partial charge in [0.05, 0.1) is 25.0 Å². The zero-order valence-electron chi connectivity index (χ0n) is 19.4. The number of carboxylic acid groups (broad SMARTS) is 1. The van der Waals surface area contributed by atoms with E-state index in [1.807, 2.05) is 48.5 Å². The maximum absolute atomic E-state index is 12.7. The van der Waals surface area contributed by atoms with E-state index in [1.54, 1.807) is 7.05 Å². The number of carbonyl (C=O) groups excluding carboxylic acids is 2. The summed E-state index contributed by atoms with van der Waals surface area (Å²) >= 11 is 0. The minimum atomic E-state index is -1.15. The van der Waals surface area contributed by atoms with Crippen LogP contribution in [0, 0.1) is 0 Å². The minimum absolute atomic E-state index is 0.0133. The van der Waals surface area contributed by atoms with Crippen molar-refractivity contribution >= 4 is 18.0 Å². The number of alkyl carbamates (subject to hydrolysis) is 1. The van der Waals surface area contributed by atoms with Crippen molar-refractivity contribution < 1.29 is 29.0 Å². The molecule has 3 N–H and O–H groups in total. The molecule has 35 heavy (non-hydrogen) atoms. The molecule has 10 heteroatoms. The van der Waals surface area contributed by atoms with Gasteiger partial charge in [0, 0.05) is 20.1 Å². The highest BCUT2D eigenvalue weighted by molar-refractivity contribution is 5.89. The Morgan fingerprint density at radius 1 is 1.09 bits per heavy atom. The molecule has 4 rings (SSSR count). The molecule has 0 bridgehead atoms. The SMILES string of the molecule is COC[C@H](NC(=O)OCC1c2ccccc2-c2ccccc21)C(=O)NCc1c(C(=O)O)cnn1C. The van der Waals surface area contributed by atoms with Gasteiger partial charge in [-0.2, -0.15) is 5.10 Å². The van der Waals surface area contributed by atoms with Gasteiger partial charge in [0.2, 0.25) is 5.91 Å². The Morgan fingerprint density at radius 2 is 1.71 bits per heavy atom. The summed E-state index contributed by atoms with van der Waals surface area (Å²) in [5.74, 6) is -1.80. The van der Waals surface area contributed by atoms with Crippen LogP contribution in [-0.4, -0.2) is 59.2 Å². The Balaban J connectivity index is 1.38. The van der Waals surface area contributed by atoms with Crippen LogP contribution >= 0.6 is 0 Å². The van der Waals surface area contributed by atoms with E-state index in [9.17, 15) is 19.5 Å². The monoisotopic (exact) mass is 478 g/mol. The molecule has 0 fully saturated rings. The maximum Gasteiger partial charge on any atom is 0.407 e. The number of nitrogens with zero attached hydrogens (tertiary/aromatic N) is 2. The molecule has 0 radical (unpaired) electrons. The third kappa shape index (κ3) is 5.02. The normalized spacial score (nSPS) is 13.0. The average molecular weight is 479 g/mol. The third-order valence-corrected chi connectivity index (χ3v) is 6.01. The van der Waals surface area contributed by atoms with Crippen LogP contribution in [0.2, 0.25) is 0 Å². The lowest BCUT2D eigenvalue weighted by Crippen LogP contribution is -2.49. The summed E-state index contributed by atoms with van der Waals surface area (Å²) in [6, 6.07) is 15.0. The van der Waals surface area contributed by atoms with Gasteiger partial charge in [-0.3, -0.25) is 9.48 Å². The maximum atomic E-state index is 12.7. The van der Waals surface area contributed by atoms with E-state index in [2.05, 4.69) is 15.7 Å². The summed E-state index contributed by atoms with van der Waals surface area (Å²) in [6.07, 6.45) is 0.460. The lowest BCUT2D eigenvalue weighted by Gasteiger charge is -2.19. The van der Waals surface area contributed by atoms with Gasteiger partial charge in [0.25, 0.3) is 0 Å². The van der Waals surface area contributed by atoms with Gasteiger partial charge in [-0.1, -0.05) is 48.5 Å². The van der Waals surface area contributed by atoms with Crippen molar-refractivity contribution in [2.75, 3.05) is 20.3 Å². The van der Waals surface area contributed by atoms with E-state index in [4.69, 9.17) is 9.47 Å². The number of aromatic nitrogens is 2. The van der Waals surface area contributed by atoms with Crippen molar-refractivity contribution in [3.05, 3.63) is 77.1 Å². The van der Waals surface area contributed by atoms with Crippen molar-refractivity contribution in [2.24, 2.45) is 7.05 Å². The fraction of sp³-hybridized carbons (Fsp3) is 0.280. The van der Waals surface area contributed by atoms with Crippen LogP contribution in [0.3, 0.4) is 0 Å². The molecular weight excluding hydrogens is 452 g/mol. The molecule has 1 aliphatic rings. The van der Waals surface area contributed by atoms with Crippen molar-refractivity contribution in [1.29, 1.82) is 0 Å². The number of rotatable bonds is 9. The summed E-state index contributed by atoms with van der Waals surface area (Å²) in [5, 5.41) is 18.3. The first-order chi connectivity index (χ1) is 16.9. The standard InChI is InChI=1S/C25H26N4O6/c1-29-22(19(11-27-29)24(31)32)12-26-23(30)21(14-34-2)28-25(33)35-13-20-17-9-5-3-7-15(17)16-8-4-6-10-18(16)20/h3-11,20-21H,12-14H2,1-2H3,(H,26,30)(H,28,33)(H,31,32)/t21-/m0/s1. The molecule has 0 unspecified atom stereocenters. The predicted molar refractivity (Wildman–Crippen MR) is 126 cm³/mol. The van der Waals surface area contributed by atoms with Crippen LogP contribution in [0.25, 0.3) is 11.1 Å². The van der Waals surface area contributed by atoms with Gasteiger partial charge in [-0.15, -0.1) is 0 Å². The van der Waals surface area contributed by atoms with Crippen molar-refractivity contribution in [1.82, 2.24) is 20.4 Å². The molecule has 0 aliphatic heterocycles. The van der Waals surface area contributed by atoms with E-state index < -0.39 is 24.0 Å². The highest BCUT2D eigenvalue weighted by Gasteiger charge is 2.30. The number of hydrogen-bond acceptors (Lipinski definition) is 6. The molecule has 0 saturated heterocycles. The van der Waals surface area contributed by atoms with E-state index in [1.165, 1.54) is 18.0 Å². The number of methoxy groups -OCH3 is 1. The Hall–Kier alpha value is -4.18. The Bertz CT molecular complexity index is 1210. The average Bonchev–Trinajstić information content (AvgIpc) is 3.38. The van der Waals surface area contributed by atoms with Gasteiger partial charge < -0.3 is 25.2 Å². The number of carboxylic acids is 1. The van der Waals surface area contributed by atoms with Crippen LogP contribution in [0.4, 0.5) is 4.79 Å². The zero-order chi connectivity index (χ0) is 24.9. The van der Waals surface area contributed by atoms with E-state index >= 15 is 0 Å². The predicted octanol–water partition coefficient (Wildman–Crippen LogP) is 2.29. The first-order valence-corrected chi connectivity index (χ1v) is 11.0. The topological polar surface area (TPSA) is 132 Å². The fourth-order valence-corrected chi connectivity index (χ4v) is 4.28. The number of hydrogen-bond donors (Lipinski definition) is 3. The van der Waals surface area contributed by atoms with Gasteiger partial charge in [0.15, 0.2) is 0 Å². The van der Waals surface area contributed by atoms with Crippen LogP contribution in [0.15, 0.2) is 54.7 Å². The van der Waals surface area contributed by atoms with Gasteiger partial charge in [-0.25, -0.2) is 9.59 Å². The lowest BCUT2D eigenvalue weighted by atomic mass is 9.98. The first-order valence-electron chi connectivity index (χ1n) is 11.0. The largest absolute Gasteiger partial charge is 0.478 e. The number of carbonyl (C=O) groups is 3. The second kappa shape index (κ2) is 10.4. The van der Waals surface area contributed by atoms with Crippen molar-refractivity contribution in [3.63, 3.8) is 0 Å². The van der Waals surface area contributed by atoms with Crippen LogP contribution in [0.5, 0.6) is 0 Å². The molecule has 1 aromatic heterocycles. The fourth-order valence-electron chi connectivity index (χ4n) is 4.28. The van der Waals surface area contributed by atoms with Gasteiger partial charge in [-0.05, 0) is 22.3 Å². The molecule has 1 atom stereocenters. The Labute approximate surface area is 201 Å². The first kappa shape index (κ1) is 24.0. The van der Waals surface area contributed by atoms with Crippen LogP contribution in [0.1, 0.15) is 33.1 Å². The number of aromatic carboxylic acids is 1. The molecule has 1 heterocycles. The highest BCUT2D eigenvalue weighted by Crippen LogP contribution is 2.44. The molecule has 2 aromatic carbocycles. The summed E-state index contributed by atoms with van der Waals surface area (Å²) in [6.45, 7) is -0.0606. The van der Waals surface area contributed by atoms with E-state index in [-0.39, 0.29) is 31.2 Å². The number of ether oxygens (including phenoxy) is 2. The Morgan fingerprint density at radius 3 is 2.31 bits per heavy atom. The summed E-state index contributed by atoms with van der Waals surface area (Å²) in [5.41, 5.74) is 4.70. The third-order valence-electron chi connectivity index (χ3n) is 6.01. The zero-order valence-corrected chi connectivity index (χ0v) is 19.4. The summed E-state index contributed by atoms with van der Waals surface area (Å²) < 4.78 is 12.0. The molecule has 1 aliphatic carbocycles. The number of fused-ring (bicyclic) bond motifs is 3. The molecule has 10 nitrogen and oxygen atoms in total. The number of amides is 2. The lowest BCUT2D eigenvalue weighted by molar-refractivity contribution is -0.124. The summed E-state index contributed by atoms with van der Waals surface area (Å²) in [7, 11) is 2.98. The second-order valence-corrected chi connectivity index (χ2v) is 8.13. The Kier molecular flexibility index (Phi) is 7.11. The highest BCUT2D eigenvalue weighted by atomic mass is 16.5. The number of benzene rings is 2. The van der Waals surface area contributed by atoms with Gasteiger partial charge >= 0.3 is 12.1 Å². The molecule has 3 aromatic rings. The van der Waals surface area contributed by atoms with Crippen molar-refractivity contribution in [3.8, 4) is 11.1 Å². The quantitative estimate of drug-likeness (QED) is 0.430. The number of aryl methyl sites for hydroxylation is 1. The van der Waals surface area contributed by atoms with Crippen LogP contribution < -0.4 is 10.6 Å². The minimum Gasteiger partial charge on any atom is -0.478 e. The molecule has 182 valence electrons. The van der Waals surface area contributed by atoms with E-state index in [0.717, 1.165) is 22.3 Å².